The van der Waals surface area contributed by atoms with Gasteiger partial charge in [0.2, 0.25) is 5.91 Å². The van der Waals surface area contributed by atoms with Crippen LogP contribution >= 0.6 is 0 Å². The van der Waals surface area contributed by atoms with Gasteiger partial charge in [0, 0.05) is 29.2 Å². The Morgan fingerprint density at radius 1 is 1.08 bits per heavy atom. The zero-order valence-corrected chi connectivity index (χ0v) is 14.7. The van der Waals surface area contributed by atoms with E-state index in [9.17, 15) is 9.59 Å². The number of rotatable bonds is 7. The first-order chi connectivity index (χ1) is 12.7. The fraction of sp³-hybridized carbons (Fsp3) is 0.238. The lowest BCUT2D eigenvalue weighted by Crippen LogP contribution is -2.12. The molecule has 3 rings (SSSR count). The van der Waals surface area contributed by atoms with E-state index in [0.29, 0.717) is 24.3 Å². The zero-order chi connectivity index (χ0) is 18.4. The lowest BCUT2D eigenvalue weighted by molar-refractivity contribution is -0.116. The van der Waals surface area contributed by atoms with Crippen molar-refractivity contribution in [3.8, 4) is 0 Å². The van der Waals surface area contributed by atoms with E-state index in [1.54, 1.807) is 31.2 Å². The van der Waals surface area contributed by atoms with Gasteiger partial charge in [0.1, 0.15) is 0 Å². The Bertz CT molecular complexity index is 897. The first-order valence-electron chi connectivity index (χ1n) is 8.79. The molecule has 0 bridgehead atoms. The first kappa shape index (κ1) is 17.7. The predicted octanol–water partition coefficient (Wildman–Crippen LogP) is 4.31. The fourth-order valence-corrected chi connectivity index (χ4v) is 2.91. The molecule has 26 heavy (non-hydrogen) atoms. The summed E-state index contributed by atoms with van der Waals surface area (Å²) in [6, 6.07) is 14.9. The third-order valence-electron chi connectivity index (χ3n) is 4.20. The van der Waals surface area contributed by atoms with Crippen molar-refractivity contribution in [3.63, 3.8) is 0 Å². The quantitative estimate of drug-likeness (QED) is 0.624. The van der Waals surface area contributed by atoms with Gasteiger partial charge in [-0.3, -0.25) is 4.79 Å². The number of fused-ring (bicyclic) bond motifs is 1. The van der Waals surface area contributed by atoms with Gasteiger partial charge in [0.15, 0.2) is 0 Å². The maximum absolute atomic E-state index is 12.1. The molecule has 0 aliphatic carbocycles. The van der Waals surface area contributed by atoms with Crippen molar-refractivity contribution >= 4 is 28.5 Å². The molecule has 2 aromatic carbocycles. The second kappa shape index (κ2) is 8.34. The van der Waals surface area contributed by atoms with Gasteiger partial charge in [-0.2, -0.15) is 0 Å². The molecule has 0 aliphatic heterocycles. The molecule has 1 amide bonds. The van der Waals surface area contributed by atoms with Crippen molar-refractivity contribution in [3.05, 3.63) is 65.9 Å². The number of hydrogen-bond acceptors (Lipinski definition) is 3. The van der Waals surface area contributed by atoms with Gasteiger partial charge in [-0.25, -0.2) is 4.79 Å². The minimum Gasteiger partial charge on any atom is -0.462 e. The molecule has 5 heteroatoms. The first-order valence-corrected chi connectivity index (χ1v) is 8.79. The molecule has 0 saturated carbocycles. The highest BCUT2D eigenvalue weighted by atomic mass is 16.5. The molecule has 1 heterocycles. The summed E-state index contributed by atoms with van der Waals surface area (Å²) in [6.07, 6.45) is 4.07. The van der Waals surface area contributed by atoms with E-state index in [4.69, 9.17) is 4.74 Å². The van der Waals surface area contributed by atoms with E-state index in [1.807, 2.05) is 24.4 Å². The zero-order valence-electron chi connectivity index (χ0n) is 14.7. The van der Waals surface area contributed by atoms with Crippen LogP contribution in [-0.2, 0) is 16.0 Å². The molecule has 1 aromatic heterocycles. The van der Waals surface area contributed by atoms with Crippen LogP contribution in [0.2, 0.25) is 0 Å². The van der Waals surface area contributed by atoms with Crippen molar-refractivity contribution in [2.45, 2.75) is 26.2 Å². The Kier molecular flexibility index (Phi) is 5.69. The number of aromatic nitrogens is 1. The van der Waals surface area contributed by atoms with Crippen LogP contribution < -0.4 is 5.32 Å². The highest BCUT2D eigenvalue weighted by Gasteiger charge is 2.08. The van der Waals surface area contributed by atoms with E-state index in [1.165, 1.54) is 10.9 Å². The monoisotopic (exact) mass is 350 g/mol. The molecule has 5 nitrogen and oxygen atoms in total. The molecule has 0 radical (unpaired) electrons. The van der Waals surface area contributed by atoms with Crippen LogP contribution in [0.15, 0.2) is 54.7 Å². The van der Waals surface area contributed by atoms with Crippen LogP contribution in [0.5, 0.6) is 0 Å². The number of aryl methyl sites for hydroxylation is 1. The third kappa shape index (κ3) is 4.30. The Morgan fingerprint density at radius 3 is 2.62 bits per heavy atom. The number of esters is 1. The fourth-order valence-electron chi connectivity index (χ4n) is 2.91. The number of nitrogens with one attached hydrogen (secondary N) is 2. The van der Waals surface area contributed by atoms with E-state index < -0.39 is 0 Å². The van der Waals surface area contributed by atoms with Crippen LogP contribution in [0.1, 0.15) is 35.7 Å². The van der Waals surface area contributed by atoms with Gasteiger partial charge in [0.05, 0.1) is 12.2 Å². The summed E-state index contributed by atoms with van der Waals surface area (Å²) in [7, 11) is 0. The summed E-state index contributed by atoms with van der Waals surface area (Å²) in [5.41, 5.74) is 3.50. The lowest BCUT2D eigenvalue weighted by Gasteiger charge is -2.06. The highest BCUT2D eigenvalue weighted by molar-refractivity contribution is 5.93. The third-order valence-corrected chi connectivity index (χ3v) is 4.20. The summed E-state index contributed by atoms with van der Waals surface area (Å²) in [5.74, 6) is -0.391. The van der Waals surface area contributed by atoms with Gasteiger partial charge in [-0.15, -0.1) is 0 Å². The molecule has 0 atom stereocenters. The van der Waals surface area contributed by atoms with Crippen molar-refractivity contribution in [1.29, 1.82) is 0 Å². The van der Waals surface area contributed by atoms with Gasteiger partial charge in [-0.1, -0.05) is 18.2 Å². The Balaban J connectivity index is 1.49. The van der Waals surface area contributed by atoms with E-state index >= 15 is 0 Å². The smallest absolute Gasteiger partial charge is 0.338 e. The van der Waals surface area contributed by atoms with Crippen molar-refractivity contribution < 1.29 is 14.3 Å². The van der Waals surface area contributed by atoms with Crippen LogP contribution in [0, 0.1) is 0 Å². The van der Waals surface area contributed by atoms with Crippen molar-refractivity contribution in [2.24, 2.45) is 0 Å². The molecule has 134 valence electrons. The van der Waals surface area contributed by atoms with E-state index in [0.717, 1.165) is 18.4 Å². The topological polar surface area (TPSA) is 71.2 Å². The second-order valence-corrected chi connectivity index (χ2v) is 6.06. The van der Waals surface area contributed by atoms with Gasteiger partial charge in [0.25, 0.3) is 0 Å². The summed E-state index contributed by atoms with van der Waals surface area (Å²) >= 11 is 0. The number of benzene rings is 2. The number of carbonyl (C=O) groups is 2. The number of aromatic amines is 1. The normalized spacial score (nSPS) is 10.7. The average Bonchev–Trinajstić information content (AvgIpc) is 3.06. The summed E-state index contributed by atoms with van der Waals surface area (Å²) < 4.78 is 4.94. The maximum Gasteiger partial charge on any atom is 0.338 e. The maximum atomic E-state index is 12.1. The lowest BCUT2D eigenvalue weighted by atomic mass is 10.1. The standard InChI is InChI=1S/C21H22N2O3/c1-2-26-21(25)15-10-12-17(13-11-15)23-20(24)9-5-6-16-14-22-19-8-4-3-7-18(16)19/h3-4,7-8,10-14,22H,2,5-6,9H2,1H3,(H,23,24). The molecule has 0 spiro atoms. The van der Waals surface area contributed by atoms with Gasteiger partial charge in [-0.05, 0) is 55.7 Å². The highest BCUT2D eigenvalue weighted by Crippen LogP contribution is 2.19. The molecule has 0 aliphatic rings. The van der Waals surface area contributed by atoms with Crippen LogP contribution in [0.3, 0.4) is 0 Å². The van der Waals surface area contributed by atoms with E-state index in [2.05, 4.69) is 16.4 Å². The number of anilines is 1. The SMILES string of the molecule is CCOC(=O)c1ccc(NC(=O)CCCc2c[nH]c3ccccc23)cc1. The molecule has 0 unspecified atom stereocenters. The van der Waals surface area contributed by atoms with Gasteiger partial charge < -0.3 is 15.0 Å². The van der Waals surface area contributed by atoms with Crippen LogP contribution in [0.25, 0.3) is 10.9 Å². The largest absolute Gasteiger partial charge is 0.462 e. The summed E-state index contributed by atoms with van der Waals surface area (Å²) in [5, 5.41) is 4.07. The van der Waals surface area contributed by atoms with Crippen molar-refractivity contribution in [2.75, 3.05) is 11.9 Å². The van der Waals surface area contributed by atoms with Crippen LogP contribution in [0.4, 0.5) is 5.69 Å². The molecule has 3 aromatic rings. The Morgan fingerprint density at radius 2 is 1.85 bits per heavy atom. The molecule has 0 fully saturated rings. The van der Waals surface area contributed by atoms with Gasteiger partial charge >= 0.3 is 5.97 Å². The molecular formula is C21H22N2O3. The minimum atomic E-state index is -0.357. The second-order valence-electron chi connectivity index (χ2n) is 6.06. The molecular weight excluding hydrogens is 328 g/mol. The number of hydrogen-bond donors (Lipinski definition) is 2. The number of amides is 1. The summed E-state index contributed by atoms with van der Waals surface area (Å²) in [4.78, 5) is 27.0. The Labute approximate surface area is 152 Å². The molecule has 0 saturated heterocycles. The number of carbonyl (C=O) groups excluding carboxylic acids is 2. The van der Waals surface area contributed by atoms with E-state index in [-0.39, 0.29) is 11.9 Å². The average molecular weight is 350 g/mol. The number of para-hydroxylation sites is 1. The Hall–Kier alpha value is -3.08. The van der Waals surface area contributed by atoms with Crippen LogP contribution in [-0.4, -0.2) is 23.5 Å². The summed E-state index contributed by atoms with van der Waals surface area (Å²) in [6.45, 7) is 2.11. The number of ether oxygens (including phenoxy) is 1. The predicted molar refractivity (Wildman–Crippen MR) is 102 cm³/mol. The molecule has 2 N–H and O–H groups in total. The minimum absolute atomic E-state index is 0.0336. The number of H-pyrrole nitrogens is 1. The van der Waals surface area contributed by atoms with Crippen molar-refractivity contribution in [1.82, 2.24) is 4.98 Å².